The second kappa shape index (κ2) is 6.07. The second-order valence-electron chi connectivity index (χ2n) is 6.26. The van der Waals surface area contributed by atoms with Crippen LogP contribution in [0, 0.1) is 18.3 Å². The highest BCUT2D eigenvalue weighted by atomic mass is 35.5. The molecule has 0 fully saturated rings. The van der Waals surface area contributed by atoms with Crippen LogP contribution in [0.3, 0.4) is 0 Å². The molecular weight excluding hydrogens is 327 g/mol. The molecule has 2 aromatic rings. The first kappa shape index (κ1) is 16.2. The number of allylic oxidation sites excluding steroid dienone is 1. The molecule has 1 aliphatic rings. The minimum atomic E-state index is 0.355. The van der Waals surface area contributed by atoms with Crippen LogP contribution in [0.15, 0.2) is 23.8 Å². The summed E-state index contributed by atoms with van der Waals surface area (Å²) in [5.41, 5.74) is 6.40. The van der Waals surface area contributed by atoms with Crippen LogP contribution in [0.4, 0.5) is 0 Å². The van der Waals surface area contributed by atoms with Crippen LogP contribution in [-0.2, 0) is 13.5 Å². The molecule has 0 saturated carbocycles. The Balaban J connectivity index is 2.07. The molecule has 23 heavy (non-hydrogen) atoms. The van der Waals surface area contributed by atoms with Crippen molar-refractivity contribution in [1.29, 1.82) is 5.26 Å². The third-order valence-electron chi connectivity index (χ3n) is 4.66. The van der Waals surface area contributed by atoms with Gasteiger partial charge in [-0.1, -0.05) is 36.2 Å². The van der Waals surface area contributed by atoms with Gasteiger partial charge < -0.3 is 4.57 Å². The van der Waals surface area contributed by atoms with E-state index in [1.54, 1.807) is 0 Å². The van der Waals surface area contributed by atoms with Gasteiger partial charge in [-0.05, 0) is 54.2 Å². The number of rotatable bonds is 2. The fraction of sp³-hybridized carbons (Fsp3) is 0.316. The highest BCUT2D eigenvalue weighted by molar-refractivity contribution is 6.36. The number of aryl methyl sites for hydroxylation is 1. The molecule has 0 N–H and O–H groups in total. The molecule has 4 heteroatoms. The van der Waals surface area contributed by atoms with Crippen LogP contribution in [-0.4, -0.2) is 4.57 Å². The van der Waals surface area contributed by atoms with E-state index in [4.69, 9.17) is 23.2 Å². The quantitative estimate of drug-likeness (QED) is 0.692. The molecule has 0 spiro atoms. The fourth-order valence-corrected chi connectivity index (χ4v) is 3.75. The topological polar surface area (TPSA) is 28.7 Å². The molecule has 1 heterocycles. The molecule has 0 bridgehead atoms. The number of hydrogen-bond acceptors (Lipinski definition) is 1. The first-order valence-corrected chi connectivity index (χ1v) is 8.40. The van der Waals surface area contributed by atoms with Gasteiger partial charge in [-0.2, -0.15) is 5.26 Å². The summed E-state index contributed by atoms with van der Waals surface area (Å²) in [6, 6.07) is 8.35. The number of nitrogens with zero attached hydrogens (tertiary/aromatic N) is 2. The Kier molecular flexibility index (Phi) is 4.27. The summed E-state index contributed by atoms with van der Waals surface area (Å²) in [5, 5.41) is 10.6. The molecular formula is C19H18Cl2N2. The van der Waals surface area contributed by atoms with E-state index in [0.717, 1.165) is 39.5 Å². The van der Waals surface area contributed by atoms with Crippen molar-refractivity contribution >= 4 is 29.3 Å². The Labute approximate surface area is 146 Å². The maximum Gasteiger partial charge on any atom is 0.0948 e. The lowest BCUT2D eigenvalue weighted by Gasteiger charge is -2.17. The van der Waals surface area contributed by atoms with Crippen LogP contribution >= 0.6 is 23.2 Å². The van der Waals surface area contributed by atoms with Crippen LogP contribution in [0.25, 0.3) is 6.08 Å². The minimum Gasteiger partial charge on any atom is -0.348 e. The SMILES string of the molecule is Cc1ccc(Cl)c(Cc2cc3c(n2C)C=C(C#N)CC3C)c1Cl. The number of nitriles is 1. The molecule has 0 radical (unpaired) electrons. The third kappa shape index (κ3) is 2.80. The van der Waals surface area contributed by atoms with Gasteiger partial charge in [-0.3, -0.25) is 0 Å². The van der Waals surface area contributed by atoms with Gasteiger partial charge in [0.05, 0.1) is 6.07 Å². The zero-order chi connectivity index (χ0) is 16.7. The van der Waals surface area contributed by atoms with Crippen LogP contribution in [0.2, 0.25) is 10.0 Å². The van der Waals surface area contributed by atoms with Gasteiger partial charge >= 0.3 is 0 Å². The summed E-state index contributed by atoms with van der Waals surface area (Å²) >= 11 is 12.8. The van der Waals surface area contributed by atoms with Crippen LogP contribution in [0.5, 0.6) is 0 Å². The van der Waals surface area contributed by atoms with Crippen molar-refractivity contribution < 1.29 is 0 Å². The zero-order valence-electron chi connectivity index (χ0n) is 13.5. The Hall–Kier alpha value is -1.69. The molecule has 1 aromatic carbocycles. The van der Waals surface area contributed by atoms with Crippen molar-refractivity contribution in [3.05, 3.63) is 61.9 Å². The molecule has 1 unspecified atom stereocenters. The lowest BCUT2D eigenvalue weighted by atomic mass is 9.88. The molecule has 118 valence electrons. The summed E-state index contributed by atoms with van der Waals surface area (Å²) in [5.74, 6) is 0.355. The van der Waals surface area contributed by atoms with Crippen LogP contribution in [0.1, 0.15) is 47.3 Å². The summed E-state index contributed by atoms with van der Waals surface area (Å²) in [7, 11) is 2.04. The number of halogens is 2. The Morgan fingerprint density at radius 2 is 2.09 bits per heavy atom. The number of fused-ring (bicyclic) bond motifs is 1. The Bertz CT molecular complexity index is 853. The van der Waals surface area contributed by atoms with E-state index in [-0.39, 0.29) is 0 Å². The van der Waals surface area contributed by atoms with E-state index in [9.17, 15) is 5.26 Å². The lowest BCUT2D eigenvalue weighted by molar-refractivity contribution is 0.742. The Morgan fingerprint density at radius 1 is 1.35 bits per heavy atom. The van der Waals surface area contributed by atoms with Gasteiger partial charge in [0.2, 0.25) is 0 Å². The van der Waals surface area contributed by atoms with Crippen molar-refractivity contribution in [1.82, 2.24) is 4.57 Å². The van der Waals surface area contributed by atoms with Crippen molar-refractivity contribution in [2.24, 2.45) is 7.05 Å². The molecule has 0 aliphatic heterocycles. The zero-order valence-corrected chi connectivity index (χ0v) is 15.0. The molecule has 2 nitrogen and oxygen atoms in total. The predicted molar refractivity (Wildman–Crippen MR) is 96.0 cm³/mol. The van der Waals surface area contributed by atoms with E-state index in [2.05, 4.69) is 23.6 Å². The average Bonchev–Trinajstić information content (AvgIpc) is 2.85. The summed E-state index contributed by atoms with van der Waals surface area (Å²) in [6.07, 6.45) is 3.49. The van der Waals surface area contributed by atoms with Gasteiger partial charge in [0.15, 0.2) is 0 Å². The van der Waals surface area contributed by atoms with E-state index < -0.39 is 0 Å². The normalized spacial score (nSPS) is 16.7. The average molecular weight is 345 g/mol. The van der Waals surface area contributed by atoms with E-state index in [1.165, 1.54) is 5.56 Å². The summed E-state index contributed by atoms with van der Waals surface area (Å²) < 4.78 is 2.15. The van der Waals surface area contributed by atoms with Gasteiger partial charge in [0.25, 0.3) is 0 Å². The van der Waals surface area contributed by atoms with E-state index in [0.29, 0.717) is 17.4 Å². The molecule has 0 amide bonds. The van der Waals surface area contributed by atoms with Gasteiger partial charge in [0.1, 0.15) is 0 Å². The molecule has 3 rings (SSSR count). The third-order valence-corrected chi connectivity index (χ3v) is 5.54. The fourth-order valence-electron chi connectivity index (χ4n) is 3.24. The largest absolute Gasteiger partial charge is 0.348 e. The molecule has 1 aromatic heterocycles. The number of hydrogen-bond donors (Lipinski definition) is 0. The van der Waals surface area contributed by atoms with Crippen molar-refractivity contribution in [3.8, 4) is 6.07 Å². The maximum absolute atomic E-state index is 9.21. The van der Waals surface area contributed by atoms with E-state index >= 15 is 0 Å². The first-order chi connectivity index (χ1) is 10.9. The number of benzene rings is 1. The molecule has 1 atom stereocenters. The second-order valence-corrected chi connectivity index (χ2v) is 7.04. The predicted octanol–water partition coefficient (Wildman–Crippen LogP) is 5.65. The lowest BCUT2D eigenvalue weighted by Crippen LogP contribution is -2.05. The highest BCUT2D eigenvalue weighted by Crippen LogP contribution is 2.37. The Morgan fingerprint density at radius 3 is 2.78 bits per heavy atom. The summed E-state index contributed by atoms with van der Waals surface area (Å²) in [4.78, 5) is 0. The smallest absolute Gasteiger partial charge is 0.0948 e. The highest BCUT2D eigenvalue weighted by Gasteiger charge is 2.23. The van der Waals surface area contributed by atoms with Gasteiger partial charge in [-0.25, -0.2) is 0 Å². The van der Waals surface area contributed by atoms with E-state index in [1.807, 2.05) is 32.2 Å². The summed E-state index contributed by atoms with van der Waals surface area (Å²) in [6.45, 7) is 4.15. The van der Waals surface area contributed by atoms with Crippen molar-refractivity contribution in [2.45, 2.75) is 32.6 Å². The van der Waals surface area contributed by atoms with Crippen molar-refractivity contribution in [2.75, 3.05) is 0 Å². The molecule has 0 saturated heterocycles. The van der Waals surface area contributed by atoms with Gasteiger partial charge in [0, 0.05) is 40.5 Å². The number of aromatic nitrogens is 1. The standard InChI is InChI=1S/C19H18Cl2N2/c1-11-4-5-17(20)16(19(11)21)9-14-8-15-12(2)6-13(10-22)7-18(15)23(14)3/h4-5,7-8,12H,6,9H2,1-3H3. The maximum atomic E-state index is 9.21. The molecule has 1 aliphatic carbocycles. The van der Waals surface area contributed by atoms with Crippen molar-refractivity contribution in [3.63, 3.8) is 0 Å². The monoisotopic (exact) mass is 344 g/mol. The van der Waals surface area contributed by atoms with Gasteiger partial charge in [-0.15, -0.1) is 0 Å². The van der Waals surface area contributed by atoms with Crippen LogP contribution < -0.4 is 0 Å². The minimum absolute atomic E-state index is 0.355. The first-order valence-electron chi connectivity index (χ1n) is 7.65.